The molecule has 1 aliphatic carbocycles. The molecule has 6 heteroatoms. The number of amides is 1. The number of carbonyl (C=O) groups is 2. The van der Waals surface area contributed by atoms with Crippen LogP contribution in [0.2, 0.25) is 0 Å². The molecule has 0 spiro atoms. The van der Waals surface area contributed by atoms with Crippen molar-refractivity contribution in [1.82, 2.24) is 5.32 Å². The number of benzene rings is 1. The predicted octanol–water partition coefficient (Wildman–Crippen LogP) is 1.34. The second-order valence-electron chi connectivity index (χ2n) is 8.16. The molecule has 1 aromatic carbocycles. The Morgan fingerprint density at radius 1 is 1.18 bits per heavy atom. The first kappa shape index (κ1) is 20.8. The molecule has 6 nitrogen and oxygen atoms in total. The average Bonchev–Trinajstić information content (AvgIpc) is 2.71. The molecule has 0 aromatic heterocycles. The fraction of sp³-hybridized carbons (Fsp3) is 0.636. The van der Waals surface area contributed by atoms with Crippen LogP contribution in [0.4, 0.5) is 0 Å². The molecular weight excluding hydrogens is 356 g/mol. The summed E-state index contributed by atoms with van der Waals surface area (Å²) in [7, 11) is 0. The Kier molecular flexibility index (Phi) is 7.45. The van der Waals surface area contributed by atoms with Crippen LogP contribution in [0.25, 0.3) is 0 Å². The first-order valence-corrected chi connectivity index (χ1v) is 10.5. The highest BCUT2D eigenvalue weighted by atomic mass is 16.5. The third kappa shape index (κ3) is 5.79. The summed E-state index contributed by atoms with van der Waals surface area (Å²) < 4.78 is 10.8. The van der Waals surface area contributed by atoms with Crippen molar-refractivity contribution >= 4 is 11.9 Å². The Balaban J connectivity index is 1.48. The zero-order chi connectivity index (χ0) is 19.9. The predicted molar refractivity (Wildman–Crippen MR) is 106 cm³/mol. The van der Waals surface area contributed by atoms with E-state index in [2.05, 4.69) is 12.2 Å². The summed E-state index contributed by atoms with van der Waals surface area (Å²) in [5, 5.41) is 3.05. The summed E-state index contributed by atoms with van der Waals surface area (Å²) in [6.07, 6.45) is 3.71. The molecule has 0 radical (unpaired) electrons. The molecule has 1 saturated heterocycles. The number of ether oxygens (including phenoxy) is 2. The van der Waals surface area contributed by atoms with Crippen LogP contribution in [-0.2, 0) is 20.8 Å². The van der Waals surface area contributed by atoms with E-state index in [9.17, 15) is 9.59 Å². The van der Waals surface area contributed by atoms with Crippen molar-refractivity contribution in [3.63, 3.8) is 0 Å². The van der Waals surface area contributed by atoms with E-state index in [1.165, 1.54) is 16.9 Å². The topological polar surface area (TPSA) is 69.1 Å². The van der Waals surface area contributed by atoms with Crippen LogP contribution in [0.3, 0.4) is 0 Å². The first-order chi connectivity index (χ1) is 13.5. The van der Waals surface area contributed by atoms with E-state index >= 15 is 0 Å². The maximum atomic E-state index is 12.4. The van der Waals surface area contributed by atoms with Gasteiger partial charge in [-0.1, -0.05) is 31.9 Å². The van der Waals surface area contributed by atoms with Crippen LogP contribution in [0.15, 0.2) is 24.3 Å². The monoisotopic (exact) mass is 389 g/mol. The number of esters is 1. The minimum Gasteiger partial charge on any atom is -0.449 e. The van der Waals surface area contributed by atoms with Gasteiger partial charge in [0.05, 0.1) is 18.8 Å². The van der Waals surface area contributed by atoms with Gasteiger partial charge in [-0.25, -0.2) is 4.79 Å². The molecule has 0 unspecified atom stereocenters. The highest BCUT2D eigenvalue weighted by Gasteiger charge is 2.26. The summed E-state index contributed by atoms with van der Waals surface area (Å²) in [5.41, 5.74) is 1.66. The van der Waals surface area contributed by atoms with Crippen molar-refractivity contribution < 1.29 is 24.0 Å². The van der Waals surface area contributed by atoms with Crippen molar-refractivity contribution in [3.05, 3.63) is 35.4 Å². The van der Waals surface area contributed by atoms with Crippen molar-refractivity contribution in [2.75, 3.05) is 26.3 Å². The molecule has 3 rings (SSSR count). The molecule has 3 atom stereocenters. The molecule has 1 aromatic rings. The second-order valence-corrected chi connectivity index (χ2v) is 8.16. The van der Waals surface area contributed by atoms with Crippen molar-refractivity contribution in [3.8, 4) is 0 Å². The maximum absolute atomic E-state index is 12.4. The fourth-order valence-corrected chi connectivity index (χ4v) is 4.00. The number of quaternary nitrogens is 1. The number of hydrogen-bond acceptors (Lipinski definition) is 4. The van der Waals surface area contributed by atoms with Gasteiger partial charge in [0.25, 0.3) is 5.91 Å². The number of morpholine rings is 1. The Morgan fingerprint density at radius 3 is 2.54 bits per heavy atom. The summed E-state index contributed by atoms with van der Waals surface area (Å²) in [6, 6.07) is 7.68. The largest absolute Gasteiger partial charge is 0.449 e. The van der Waals surface area contributed by atoms with Crippen molar-refractivity contribution in [1.29, 1.82) is 0 Å². The van der Waals surface area contributed by atoms with Crippen LogP contribution >= 0.6 is 0 Å². The van der Waals surface area contributed by atoms with Gasteiger partial charge >= 0.3 is 5.97 Å². The summed E-state index contributed by atoms with van der Waals surface area (Å²) >= 11 is 0. The lowest BCUT2D eigenvalue weighted by atomic mass is 9.86. The van der Waals surface area contributed by atoms with Gasteiger partial charge < -0.3 is 19.7 Å². The zero-order valence-electron chi connectivity index (χ0n) is 17.0. The molecule has 2 N–H and O–H groups in total. The summed E-state index contributed by atoms with van der Waals surface area (Å²) in [5.74, 6) is -0.189. The van der Waals surface area contributed by atoms with Gasteiger partial charge in [0.2, 0.25) is 0 Å². The van der Waals surface area contributed by atoms with E-state index < -0.39 is 12.1 Å². The molecule has 154 valence electrons. The van der Waals surface area contributed by atoms with Gasteiger partial charge in [-0.05, 0) is 37.8 Å². The SMILES string of the molecule is C[C@@H]1CCCC[C@H]1NC(=O)[C@@H](C)OC(=O)c1ccc(C[NH+]2CCOCC2)cc1. The van der Waals surface area contributed by atoms with E-state index in [0.717, 1.165) is 52.1 Å². The van der Waals surface area contributed by atoms with E-state index in [4.69, 9.17) is 9.47 Å². The van der Waals surface area contributed by atoms with Gasteiger partial charge in [0.15, 0.2) is 6.10 Å². The Labute approximate surface area is 167 Å². The standard InChI is InChI=1S/C22H32N2O4/c1-16-5-3-4-6-20(16)23-21(25)17(2)28-22(26)19-9-7-18(8-10-19)15-24-11-13-27-14-12-24/h7-10,16-17,20H,3-6,11-15H2,1-2H3,(H,23,25)/p+1/t16-,17-,20-/m1/s1. The van der Waals surface area contributed by atoms with Crippen LogP contribution in [0, 0.1) is 5.92 Å². The van der Waals surface area contributed by atoms with Crippen LogP contribution in [0.5, 0.6) is 0 Å². The summed E-state index contributed by atoms with van der Waals surface area (Å²) in [4.78, 5) is 26.3. The minimum absolute atomic E-state index is 0.185. The van der Waals surface area contributed by atoms with Crippen molar-refractivity contribution in [2.45, 2.75) is 58.2 Å². The highest BCUT2D eigenvalue weighted by molar-refractivity contribution is 5.92. The van der Waals surface area contributed by atoms with Crippen LogP contribution in [0.1, 0.15) is 55.5 Å². The third-order valence-corrected chi connectivity index (χ3v) is 5.94. The molecule has 2 fully saturated rings. The lowest BCUT2D eigenvalue weighted by molar-refractivity contribution is -0.921. The molecular formula is C22H33N2O4+. The third-order valence-electron chi connectivity index (χ3n) is 5.94. The second kappa shape index (κ2) is 10.0. The molecule has 1 saturated carbocycles. The Morgan fingerprint density at radius 2 is 1.86 bits per heavy atom. The normalized spacial score (nSPS) is 24.4. The maximum Gasteiger partial charge on any atom is 0.338 e. The smallest absolute Gasteiger partial charge is 0.338 e. The van der Waals surface area contributed by atoms with Gasteiger partial charge in [0.1, 0.15) is 19.6 Å². The minimum atomic E-state index is -0.793. The van der Waals surface area contributed by atoms with E-state index in [1.807, 2.05) is 12.1 Å². The number of rotatable bonds is 6. The van der Waals surface area contributed by atoms with E-state index in [-0.39, 0.29) is 11.9 Å². The first-order valence-electron chi connectivity index (χ1n) is 10.5. The van der Waals surface area contributed by atoms with E-state index in [0.29, 0.717) is 11.5 Å². The fourth-order valence-electron chi connectivity index (χ4n) is 4.00. The number of carbonyl (C=O) groups excluding carboxylic acids is 2. The van der Waals surface area contributed by atoms with Gasteiger partial charge in [-0.2, -0.15) is 0 Å². The molecule has 2 aliphatic rings. The molecule has 28 heavy (non-hydrogen) atoms. The van der Waals surface area contributed by atoms with Crippen molar-refractivity contribution in [2.24, 2.45) is 5.92 Å². The number of nitrogens with one attached hydrogen (secondary N) is 2. The molecule has 1 heterocycles. The molecule has 0 bridgehead atoms. The van der Waals surface area contributed by atoms with Gasteiger partial charge in [0, 0.05) is 11.6 Å². The quantitative estimate of drug-likeness (QED) is 0.721. The lowest BCUT2D eigenvalue weighted by Gasteiger charge is -2.30. The zero-order valence-corrected chi connectivity index (χ0v) is 17.0. The number of hydrogen-bond donors (Lipinski definition) is 2. The van der Waals surface area contributed by atoms with E-state index in [1.54, 1.807) is 19.1 Å². The van der Waals surface area contributed by atoms with Crippen LogP contribution < -0.4 is 10.2 Å². The van der Waals surface area contributed by atoms with Crippen LogP contribution in [-0.4, -0.2) is 50.3 Å². The Hall–Kier alpha value is -1.92. The summed E-state index contributed by atoms with van der Waals surface area (Å²) in [6.45, 7) is 8.36. The molecule has 1 aliphatic heterocycles. The molecule has 1 amide bonds. The average molecular weight is 390 g/mol. The van der Waals surface area contributed by atoms with Gasteiger partial charge in [-0.15, -0.1) is 0 Å². The van der Waals surface area contributed by atoms with Gasteiger partial charge in [-0.3, -0.25) is 4.79 Å². The lowest BCUT2D eigenvalue weighted by Crippen LogP contribution is -3.12. The highest BCUT2D eigenvalue weighted by Crippen LogP contribution is 2.23. The Bertz CT molecular complexity index is 655.